The van der Waals surface area contributed by atoms with Gasteiger partial charge in [-0.05, 0) is 29.8 Å². The first-order valence-electron chi connectivity index (χ1n) is 5.57. The molecule has 2 aromatic rings. The van der Waals surface area contributed by atoms with Crippen LogP contribution in [0.4, 0.5) is 0 Å². The van der Waals surface area contributed by atoms with Gasteiger partial charge in [0.2, 0.25) is 0 Å². The third-order valence-electron chi connectivity index (χ3n) is 2.60. The summed E-state index contributed by atoms with van der Waals surface area (Å²) in [7, 11) is -3.70. The van der Waals surface area contributed by atoms with Crippen LogP contribution < -0.4 is 5.84 Å². The maximum Gasteiger partial charge on any atom is 0.255 e. The Kier molecular flexibility index (Phi) is 4.21. The van der Waals surface area contributed by atoms with Crippen molar-refractivity contribution in [3.63, 3.8) is 0 Å². The van der Waals surface area contributed by atoms with Gasteiger partial charge < -0.3 is 0 Å². The van der Waals surface area contributed by atoms with Gasteiger partial charge in [0.15, 0.2) is 0 Å². The zero-order chi connectivity index (χ0) is 13.9. The van der Waals surface area contributed by atoms with Crippen LogP contribution in [0.15, 0.2) is 59.5 Å². The molecule has 100 valence electrons. The van der Waals surface area contributed by atoms with Crippen molar-refractivity contribution in [2.75, 3.05) is 0 Å². The van der Waals surface area contributed by atoms with Gasteiger partial charge in [0.25, 0.3) is 10.0 Å². The quantitative estimate of drug-likeness (QED) is 0.696. The van der Waals surface area contributed by atoms with E-state index in [1.165, 1.54) is 24.3 Å². The molecule has 2 N–H and O–H groups in total. The number of benzene rings is 2. The highest BCUT2D eigenvalue weighted by Crippen LogP contribution is 2.18. The maximum absolute atomic E-state index is 12.2. The highest BCUT2D eigenvalue weighted by atomic mass is 35.5. The molecule has 0 aliphatic heterocycles. The van der Waals surface area contributed by atoms with Crippen molar-refractivity contribution < 1.29 is 8.42 Å². The summed E-state index contributed by atoms with van der Waals surface area (Å²) >= 11 is 5.73. The van der Waals surface area contributed by atoms with Gasteiger partial charge in [-0.3, -0.25) is 5.84 Å². The lowest BCUT2D eigenvalue weighted by Gasteiger charge is -2.16. The summed E-state index contributed by atoms with van der Waals surface area (Å²) in [6, 6.07) is 15.1. The van der Waals surface area contributed by atoms with E-state index in [1.54, 1.807) is 0 Å². The van der Waals surface area contributed by atoms with Gasteiger partial charge in [0.05, 0.1) is 11.4 Å². The zero-order valence-electron chi connectivity index (χ0n) is 10.0. The number of nitrogens with zero attached hydrogens (tertiary/aromatic N) is 1. The van der Waals surface area contributed by atoms with Crippen LogP contribution >= 0.6 is 11.6 Å². The lowest BCUT2D eigenvalue weighted by atomic mass is 10.2. The number of nitrogens with two attached hydrogens (primary N) is 1. The Hall–Kier alpha value is -1.40. The van der Waals surface area contributed by atoms with Crippen molar-refractivity contribution in [1.82, 2.24) is 4.41 Å². The highest BCUT2D eigenvalue weighted by molar-refractivity contribution is 7.89. The van der Waals surface area contributed by atoms with E-state index in [0.29, 0.717) is 5.02 Å². The predicted molar refractivity (Wildman–Crippen MR) is 74.8 cm³/mol. The number of hydrazine groups is 1. The van der Waals surface area contributed by atoms with Crippen LogP contribution in [0, 0.1) is 0 Å². The Morgan fingerprint density at radius 2 is 1.58 bits per heavy atom. The number of sulfonamides is 1. The van der Waals surface area contributed by atoms with Gasteiger partial charge >= 0.3 is 0 Å². The minimum absolute atomic E-state index is 0.117. The highest BCUT2D eigenvalue weighted by Gasteiger charge is 2.21. The molecule has 0 unspecified atom stereocenters. The monoisotopic (exact) mass is 296 g/mol. The van der Waals surface area contributed by atoms with Crippen molar-refractivity contribution in [2.24, 2.45) is 5.84 Å². The van der Waals surface area contributed by atoms with E-state index in [0.717, 1.165) is 9.98 Å². The summed E-state index contributed by atoms with van der Waals surface area (Å²) in [5.74, 6) is 5.67. The topological polar surface area (TPSA) is 63.4 Å². The first kappa shape index (κ1) is 14.0. The van der Waals surface area contributed by atoms with Crippen LogP contribution in [0.25, 0.3) is 0 Å². The minimum Gasteiger partial charge on any atom is -0.254 e. The molecule has 19 heavy (non-hydrogen) atoms. The lowest BCUT2D eigenvalue weighted by Crippen LogP contribution is -2.36. The van der Waals surface area contributed by atoms with Crippen molar-refractivity contribution >= 4 is 21.6 Å². The molecule has 0 aliphatic carbocycles. The van der Waals surface area contributed by atoms with Crippen LogP contribution in [-0.4, -0.2) is 12.8 Å². The predicted octanol–water partition coefficient (Wildman–Crippen LogP) is 2.40. The van der Waals surface area contributed by atoms with E-state index in [1.807, 2.05) is 30.3 Å². The fraction of sp³-hybridized carbons (Fsp3) is 0.0769. The fourth-order valence-corrected chi connectivity index (χ4v) is 2.79. The second-order valence-corrected chi connectivity index (χ2v) is 6.32. The van der Waals surface area contributed by atoms with E-state index < -0.39 is 10.0 Å². The smallest absolute Gasteiger partial charge is 0.254 e. The third kappa shape index (κ3) is 3.33. The number of halogens is 1. The molecule has 4 nitrogen and oxygen atoms in total. The summed E-state index contributed by atoms with van der Waals surface area (Å²) in [5, 5.41) is 0.477. The molecule has 0 spiro atoms. The number of hydrogen-bond donors (Lipinski definition) is 1. The Balaban J connectivity index is 2.22. The average molecular weight is 297 g/mol. The van der Waals surface area contributed by atoms with Crippen LogP contribution in [0.2, 0.25) is 5.02 Å². The lowest BCUT2D eigenvalue weighted by molar-refractivity contribution is 0.422. The molecule has 0 heterocycles. The van der Waals surface area contributed by atoms with Crippen molar-refractivity contribution in [2.45, 2.75) is 11.4 Å². The van der Waals surface area contributed by atoms with Crippen LogP contribution in [0.5, 0.6) is 0 Å². The Bertz CT molecular complexity index is 642. The van der Waals surface area contributed by atoms with E-state index >= 15 is 0 Å². The molecular weight excluding hydrogens is 284 g/mol. The molecule has 2 rings (SSSR count). The molecule has 0 fully saturated rings. The largest absolute Gasteiger partial charge is 0.255 e. The Labute approximate surface area is 117 Å². The summed E-state index contributed by atoms with van der Waals surface area (Å²) in [5.41, 5.74) is 0.822. The maximum atomic E-state index is 12.2. The number of hydrogen-bond acceptors (Lipinski definition) is 3. The molecule has 0 amide bonds. The molecule has 6 heteroatoms. The van der Waals surface area contributed by atoms with Crippen LogP contribution in [-0.2, 0) is 16.6 Å². The summed E-state index contributed by atoms with van der Waals surface area (Å²) < 4.78 is 25.2. The van der Waals surface area contributed by atoms with Crippen LogP contribution in [0.3, 0.4) is 0 Å². The second-order valence-electron chi connectivity index (χ2n) is 3.99. The van der Waals surface area contributed by atoms with Crippen LogP contribution in [0.1, 0.15) is 5.56 Å². The molecule has 0 saturated carbocycles. The van der Waals surface area contributed by atoms with Crippen molar-refractivity contribution in [3.05, 3.63) is 65.2 Å². The van der Waals surface area contributed by atoms with Crippen molar-refractivity contribution in [1.29, 1.82) is 0 Å². The first-order valence-corrected chi connectivity index (χ1v) is 7.39. The van der Waals surface area contributed by atoms with Gasteiger partial charge in [0.1, 0.15) is 0 Å². The molecule has 0 atom stereocenters. The van der Waals surface area contributed by atoms with Gasteiger partial charge in [-0.15, -0.1) is 4.41 Å². The standard InChI is InChI=1S/C13H13ClN2O2S/c14-12-6-8-13(9-7-12)19(17,18)16(15)10-11-4-2-1-3-5-11/h1-9H,10,15H2. The Morgan fingerprint density at radius 1 is 1.00 bits per heavy atom. The molecule has 0 aliphatic rings. The molecule has 0 saturated heterocycles. The first-order chi connectivity index (χ1) is 9.00. The molecule has 2 aromatic carbocycles. The van der Waals surface area contributed by atoms with E-state index in [9.17, 15) is 8.42 Å². The fourth-order valence-electron chi connectivity index (χ4n) is 1.59. The molecule has 0 bridgehead atoms. The summed E-state index contributed by atoms with van der Waals surface area (Å²) in [6.07, 6.45) is 0. The normalized spacial score (nSPS) is 11.7. The number of rotatable bonds is 4. The van der Waals surface area contributed by atoms with Crippen molar-refractivity contribution in [3.8, 4) is 0 Å². The van der Waals surface area contributed by atoms with E-state index in [4.69, 9.17) is 17.4 Å². The summed E-state index contributed by atoms with van der Waals surface area (Å²) in [6.45, 7) is 0.117. The minimum atomic E-state index is -3.70. The van der Waals surface area contributed by atoms with Gasteiger partial charge in [-0.2, -0.15) is 0 Å². The summed E-state index contributed by atoms with van der Waals surface area (Å²) in [4.78, 5) is 0.121. The van der Waals surface area contributed by atoms with Gasteiger partial charge in [0, 0.05) is 5.02 Å². The second kappa shape index (κ2) is 5.71. The molecule has 0 aromatic heterocycles. The average Bonchev–Trinajstić information content (AvgIpc) is 2.40. The zero-order valence-corrected chi connectivity index (χ0v) is 11.6. The van der Waals surface area contributed by atoms with E-state index in [-0.39, 0.29) is 11.4 Å². The van der Waals surface area contributed by atoms with E-state index in [2.05, 4.69) is 0 Å². The molecule has 0 radical (unpaired) electrons. The third-order valence-corrected chi connectivity index (χ3v) is 4.47. The SMILES string of the molecule is NN(Cc1ccccc1)S(=O)(=O)c1ccc(Cl)cc1. The Morgan fingerprint density at radius 3 is 2.16 bits per heavy atom. The van der Waals surface area contributed by atoms with Gasteiger partial charge in [-0.25, -0.2) is 8.42 Å². The molecular formula is C13H13ClN2O2S. The van der Waals surface area contributed by atoms with Gasteiger partial charge in [-0.1, -0.05) is 41.9 Å².